The number of rotatable bonds is 7. The molecule has 1 fully saturated rings. The summed E-state index contributed by atoms with van der Waals surface area (Å²) < 4.78 is 52.6. The fourth-order valence-corrected chi connectivity index (χ4v) is 4.04. The number of carbonyl (C=O) groups excluding carboxylic acids is 1. The van der Waals surface area contributed by atoms with Crippen LogP contribution in [0, 0.1) is 11.6 Å². The van der Waals surface area contributed by atoms with E-state index >= 15 is 0 Å². The van der Waals surface area contributed by atoms with Crippen LogP contribution in [-0.2, 0) is 14.8 Å². The molecule has 1 N–H and O–H groups in total. The van der Waals surface area contributed by atoms with E-state index < -0.39 is 45.3 Å². The second-order valence-electron chi connectivity index (χ2n) is 5.49. The van der Waals surface area contributed by atoms with Gasteiger partial charge in [0.1, 0.15) is 17.4 Å². The molecule has 8 heteroatoms. The molecule has 1 aliphatic carbocycles. The van der Waals surface area contributed by atoms with Crippen LogP contribution in [0.25, 0.3) is 0 Å². The molecule has 1 aliphatic rings. The number of benzene rings is 1. The molecule has 1 amide bonds. The summed E-state index contributed by atoms with van der Waals surface area (Å²) in [6, 6.07) is 3.18. The van der Waals surface area contributed by atoms with Gasteiger partial charge in [-0.05, 0) is 18.6 Å². The van der Waals surface area contributed by atoms with Gasteiger partial charge >= 0.3 is 0 Å². The molecule has 0 saturated heterocycles. The number of halogens is 2. The minimum Gasteiger partial charge on any atom is -0.352 e. The van der Waals surface area contributed by atoms with Crippen molar-refractivity contribution in [1.82, 2.24) is 9.62 Å². The highest BCUT2D eigenvalue weighted by molar-refractivity contribution is 7.89. The number of nitrogens with zero attached hydrogens (tertiary/aromatic N) is 1. The van der Waals surface area contributed by atoms with Gasteiger partial charge in [-0.1, -0.05) is 19.9 Å². The van der Waals surface area contributed by atoms with Gasteiger partial charge in [0.05, 0.1) is 0 Å². The van der Waals surface area contributed by atoms with Crippen LogP contribution in [-0.4, -0.2) is 43.5 Å². The topological polar surface area (TPSA) is 66.5 Å². The van der Waals surface area contributed by atoms with Gasteiger partial charge in [0.2, 0.25) is 15.9 Å². The van der Waals surface area contributed by atoms with Crippen molar-refractivity contribution < 1.29 is 22.0 Å². The van der Waals surface area contributed by atoms with Crippen LogP contribution in [0.1, 0.15) is 31.7 Å². The third kappa shape index (κ3) is 4.06. The Morgan fingerprint density at radius 2 is 1.83 bits per heavy atom. The van der Waals surface area contributed by atoms with E-state index in [9.17, 15) is 22.0 Å². The Kier molecular flexibility index (Phi) is 5.36. The van der Waals surface area contributed by atoms with E-state index in [1.165, 1.54) is 22.5 Å². The highest BCUT2D eigenvalue weighted by atomic mass is 32.2. The van der Waals surface area contributed by atoms with Crippen molar-refractivity contribution in [2.24, 2.45) is 0 Å². The first-order chi connectivity index (χ1) is 10.8. The standard InChI is InChI=1S/C15H20F2N2O3S/c1-3-19(4-2)23(21,22)9-14(20)18-13-8-10(13)15-11(16)6-5-7-12(15)17/h5-7,10,13H,3-4,8-9H2,1-2H3,(H,18,20)/t10-,13-/m1/s1. The van der Waals surface area contributed by atoms with E-state index in [0.29, 0.717) is 19.5 Å². The van der Waals surface area contributed by atoms with Crippen molar-refractivity contribution in [1.29, 1.82) is 0 Å². The molecule has 0 aliphatic heterocycles. The van der Waals surface area contributed by atoms with Crippen LogP contribution >= 0.6 is 0 Å². The van der Waals surface area contributed by atoms with Crippen LogP contribution in [0.2, 0.25) is 0 Å². The zero-order chi connectivity index (χ0) is 17.2. The summed E-state index contributed by atoms with van der Waals surface area (Å²) in [6.45, 7) is 3.96. The first kappa shape index (κ1) is 17.8. The lowest BCUT2D eigenvalue weighted by Crippen LogP contribution is -2.40. The predicted octanol–water partition coefficient (Wildman–Crippen LogP) is 1.61. The molecule has 5 nitrogen and oxygen atoms in total. The third-order valence-corrected chi connectivity index (χ3v) is 5.85. The van der Waals surface area contributed by atoms with Crippen LogP contribution in [0.3, 0.4) is 0 Å². The van der Waals surface area contributed by atoms with E-state index in [2.05, 4.69) is 5.32 Å². The molecule has 23 heavy (non-hydrogen) atoms. The van der Waals surface area contributed by atoms with Gasteiger partial charge in [0.25, 0.3) is 0 Å². The number of hydrogen-bond donors (Lipinski definition) is 1. The monoisotopic (exact) mass is 346 g/mol. The minimum absolute atomic E-state index is 0.0515. The zero-order valence-electron chi connectivity index (χ0n) is 13.1. The van der Waals surface area contributed by atoms with Crippen molar-refractivity contribution in [3.8, 4) is 0 Å². The molecule has 1 saturated carbocycles. The molecule has 0 heterocycles. The third-order valence-electron chi connectivity index (χ3n) is 3.92. The molecular weight excluding hydrogens is 326 g/mol. The van der Waals surface area contributed by atoms with Crippen molar-refractivity contribution >= 4 is 15.9 Å². The van der Waals surface area contributed by atoms with Crippen molar-refractivity contribution in [2.45, 2.75) is 32.2 Å². The fourth-order valence-electron chi connectivity index (χ4n) is 2.66. The Morgan fingerprint density at radius 1 is 1.26 bits per heavy atom. The van der Waals surface area contributed by atoms with E-state index in [4.69, 9.17) is 0 Å². The lowest BCUT2D eigenvalue weighted by atomic mass is 10.1. The molecule has 0 aromatic heterocycles. The average Bonchev–Trinajstić information content (AvgIpc) is 3.17. The Balaban J connectivity index is 1.96. The summed E-state index contributed by atoms with van der Waals surface area (Å²) in [5, 5.41) is 2.54. The number of nitrogens with one attached hydrogen (secondary N) is 1. The maximum Gasteiger partial charge on any atom is 0.236 e. The quantitative estimate of drug-likeness (QED) is 0.816. The van der Waals surface area contributed by atoms with Crippen molar-refractivity contribution in [3.63, 3.8) is 0 Å². The first-order valence-corrected chi connectivity index (χ1v) is 9.12. The van der Waals surface area contributed by atoms with Gasteiger partial charge in [-0.15, -0.1) is 0 Å². The molecule has 2 atom stereocenters. The maximum atomic E-state index is 13.7. The maximum absolute atomic E-state index is 13.7. The summed E-state index contributed by atoms with van der Waals surface area (Å²) in [7, 11) is -3.66. The summed E-state index contributed by atoms with van der Waals surface area (Å²) in [5.74, 6) is -3.06. The smallest absolute Gasteiger partial charge is 0.236 e. The summed E-state index contributed by atoms with van der Waals surface area (Å²) in [5.41, 5.74) is -0.0515. The van der Waals surface area contributed by atoms with Crippen molar-refractivity contribution in [3.05, 3.63) is 35.4 Å². The molecular formula is C15H20F2N2O3S. The number of hydrogen-bond acceptors (Lipinski definition) is 3. The van der Waals surface area contributed by atoms with Gasteiger partial charge in [-0.25, -0.2) is 21.5 Å². The van der Waals surface area contributed by atoms with Gasteiger partial charge < -0.3 is 5.32 Å². The summed E-state index contributed by atoms with van der Waals surface area (Å²) >= 11 is 0. The van der Waals surface area contributed by atoms with Gasteiger partial charge in [-0.2, -0.15) is 0 Å². The molecule has 128 valence electrons. The molecule has 1 aromatic rings. The predicted molar refractivity (Wildman–Crippen MR) is 82.4 cm³/mol. The van der Waals surface area contributed by atoms with E-state index in [0.717, 1.165) is 0 Å². The molecule has 0 radical (unpaired) electrons. The van der Waals surface area contributed by atoms with Crippen LogP contribution in [0.4, 0.5) is 8.78 Å². The number of amides is 1. The molecule has 0 spiro atoms. The molecule has 2 rings (SSSR count). The first-order valence-electron chi connectivity index (χ1n) is 7.51. The zero-order valence-corrected chi connectivity index (χ0v) is 13.9. The SMILES string of the molecule is CCN(CC)S(=O)(=O)CC(=O)N[C@@H]1C[C@H]1c1c(F)cccc1F. The highest BCUT2D eigenvalue weighted by Crippen LogP contribution is 2.43. The lowest BCUT2D eigenvalue weighted by Gasteiger charge is -2.18. The average molecular weight is 346 g/mol. The fraction of sp³-hybridized carbons (Fsp3) is 0.533. The van der Waals surface area contributed by atoms with Gasteiger partial charge in [-0.3, -0.25) is 4.79 Å². The van der Waals surface area contributed by atoms with Crippen LogP contribution in [0.15, 0.2) is 18.2 Å². The van der Waals surface area contributed by atoms with Crippen LogP contribution in [0.5, 0.6) is 0 Å². The van der Waals surface area contributed by atoms with E-state index in [-0.39, 0.29) is 5.56 Å². The summed E-state index contributed by atoms with van der Waals surface area (Å²) in [6.07, 6.45) is 0.398. The molecule has 1 aromatic carbocycles. The minimum atomic E-state index is -3.66. The largest absolute Gasteiger partial charge is 0.352 e. The normalized spacial score (nSPS) is 20.6. The number of carbonyl (C=O) groups is 1. The van der Waals surface area contributed by atoms with E-state index in [1.807, 2.05) is 0 Å². The Morgan fingerprint density at radius 3 is 2.35 bits per heavy atom. The second-order valence-corrected chi connectivity index (χ2v) is 7.46. The second kappa shape index (κ2) is 6.92. The Hall–Kier alpha value is -1.54. The molecule has 0 bridgehead atoms. The van der Waals surface area contributed by atoms with Gasteiger partial charge in [0.15, 0.2) is 0 Å². The van der Waals surface area contributed by atoms with Crippen molar-refractivity contribution in [2.75, 3.05) is 18.8 Å². The van der Waals surface area contributed by atoms with E-state index in [1.54, 1.807) is 13.8 Å². The Labute approximate surface area is 134 Å². The van der Waals surface area contributed by atoms with Gasteiger partial charge in [0, 0.05) is 30.6 Å². The lowest BCUT2D eigenvalue weighted by molar-refractivity contribution is -0.118. The van der Waals surface area contributed by atoms with Crippen LogP contribution < -0.4 is 5.32 Å². The Bertz CT molecular complexity index is 670. The number of sulfonamides is 1. The summed E-state index contributed by atoms with van der Waals surface area (Å²) in [4.78, 5) is 11.9. The highest BCUT2D eigenvalue weighted by Gasteiger charge is 2.43. The molecule has 0 unspecified atom stereocenters.